The normalized spacial score (nSPS) is 11.8. The molecule has 0 aliphatic heterocycles. The number of carbonyl (C=O) groups is 1. The van der Waals surface area contributed by atoms with Crippen LogP contribution in [0.15, 0.2) is 65.6 Å². The van der Waals surface area contributed by atoms with Gasteiger partial charge in [0, 0.05) is 6.54 Å². The van der Waals surface area contributed by atoms with Crippen molar-refractivity contribution in [1.29, 1.82) is 0 Å². The number of hydrogen-bond acceptors (Lipinski definition) is 5. The van der Waals surface area contributed by atoms with E-state index < -0.39 is 27.7 Å². The Morgan fingerprint density at radius 2 is 1.67 bits per heavy atom. The summed E-state index contributed by atoms with van der Waals surface area (Å²) in [6.07, 6.45) is -3.09. The fourth-order valence-corrected chi connectivity index (χ4v) is 5.77. The zero-order chi connectivity index (χ0) is 28.8. The molecule has 0 spiro atoms. The van der Waals surface area contributed by atoms with Crippen molar-refractivity contribution in [1.82, 2.24) is 0 Å². The molecule has 0 amide bonds. The zero-order valence-corrected chi connectivity index (χ0v) is 23.2. The Morgan fingerprint density at radius 3 is 2.26 bits per heavy atom. The number of hydrogen-bond donors (Lipinski definition) is 0. The molecule has 3 rings (SSSR count). The van der Waals surface area contributed by atoms with Crippen molar-refractivity contribution < 1.29 is 35.9 Å². The average molecular weight is 564 g/mol. The van der Waals surface area contributed by atoms with Gasteiger partial charge in [-0.15, -0.1) is 0 Å². The largest absolute Gasteiger partial charge is 0.482 e. The van der Waals surface area contributed by atoms with E-state index in [1.165, 1.54) is 34.6 Å². The van der Waals surface area contributed by atoms with Crippen LogP contribution < -0.4 is 9.04 Å². The van der Waals surface area contributed by atoms with Crippen LogP contribution >= 0.6 is 0 Å². The molecule has 3 aromatic carbocycles. The first-order chi connectivity index (χ1) is 18.4. The van der Waals surface area contributed by atoms with Crippen LogP contribution in [0.3, 0.4) is 0 Å². The van der Waals surface area contributed by atoms with Crippen LogP contribution in [0.1, 0.15) is 43.4 Å². The third kappa shape index (κ3) is 7.11. The van der Waals surface area contributed by atoms with Crippen LogP contribution in [-0.2, 0) is 25.7 Å². The van der Waals surface area contributed by atoms with Gasteiger partial charge in [-0.3, -0.25) is 4.31 Å². The Labute approximate surface area is 227 Å². The van der Waals surface area contributed by atoms with Gasteiger partial charge in [0.15, 0.2) is 6.61 Å². The number of benzene rings is 3. The minimum Gasteiger partial charge on any atom is -0.482 e. The molecule has 6 nitrogen and oxygen atoms in total. The highest BCUT2D eigenvalue weighted by molar-refractivity contribution is 7.92. The number of nitrogens with zero attached hydrogens (tertiary/aromatic N) is 1. The zero-order valence-electron chi connectivity index (χ0n) is 22.3. The lowest BCUT2D eigenvalue weighted by molar-refractivity contribution is -0.145. The molecule has 0 saturated carbocycles. The number of rotatable bonds is 11. The number of alkyl halides is 3. The minimum absolute atomic E-state index is 0.0546. The van der Waals surface area contributed by atoms with Gasteiger partial charge < -0.3 is 9.47 Å². The fraction of sp³-hybridized carbons (Fsp3) is 0.345. The summed E-state index contributed by atoms with van der Waals surface area (Å²) in [4.78, 5) is 11.7. The van der Waals surface area contributed by atoms with Crippen molar-refractivity contribution in [2.24, 2.45) is 0 Å². The number of unbranched alkanes of at least 4 members (excludes halogenated alkanes) is 1. The molecule has 0 bridgehead atoms. The van der Waals surface area contributed by atoms with Crippen molar-refractivity contribution in [3.63, 3.8) is 0 Å². The van der Waals surface area contributed by atoms with Gasteiger partial charge in [0.1, 0.15) is 5.75 Å². The molecule has 0 saturated heterocycles. The molecule has 0 radical (unpaired) electrons. The Balaban J connectivity index is 1.99. The topological polar surface area (TPSA) is 72.9 Å². The lowest BCUT2D eigenvalue weighted by Gasteiger charge is -2.27. The average Bonchev–Trinajstić information content (AvgIpc) is 2.88. The van der Waals surface area contributed by atoms with E-state index in [0.717, 1.165) is 18.6 Å². The molecule has 0 aromatic heterocycles. The lowest BCUT2D eigenvalue weighted by Crippen LogP contribution is -2.32. The lowest BCUT2D eigenvalue weighted by atomic mass is 9.98. The van der Waals surface area contributed by atoms with Gasteiger partial charge >= 0.3 is 12.1 Å². The maximum absolute atomic E-state index is 13.9. The Kier molecular flexibility index (Phi) is 9.66. The second kappa shape index (κ2) is 12.5. The van der Waals surface area contributed by atoms with Gasteiger partial charge in [-0.25, -0.2) is 13.2 Å². The fourth-order valence-electron chi connectivity index (χ4n) is 4.13. The summed E-state index contributed by atoms with van der Waals surface area (Å²) in [5.74, 6) is -0.162. The van der Waals surface area contributed by atoms with Gasteiger partial charge in [0.25, 0.3) is 10.0 Å². The summed E-state index contributed by atoms with van der Waals surface area (Å²) in [7, 11) is -4.02. The molecule has 0 N–H and O–H groups in total. The van der Waals surface area contributed by atoms with Crippen molar-refractivity contribution >= 4 is 21.7 Å². The van der Waals surface area contributed by atoms with E-state index in [1.54, 1.807) is 39.0 Å². The smallest absolute Gasteiger partial charge is 0.416 e. The van der Waals surface area contributed by atoms with Gasteiger partial charge in [0.2, 0.25) is 0 Å². The van der Waals surface area contributed by atoms with E-state index >= 15 is 0 Å². The summed E-state index contributed by atoms with van der Waals surface area (Å²) in [6.45, 7) is 7.24. The number of carbonyl (C=O) groups excluding carboxylic acids is 1. The van der Waals surface area contributed by atoms with E-state index in [1.807, 2.05) is 6.92 Å². The second-order valence-electron chi connectivity index (χ2n) is 8.98. The van der Waals surface area contributed by atoms with Crippen LogP contribution in [0.4, 0.5) is 18.9 Å². The van der Waals surface area contributed by atoms with Crippen LogP contribution in [-0.4, -0.2) is 34.1 Å². The third-order valence-electron chi connectivity index (χ3n) is 6.20. The molecular formula is C29H32F3NO5S. The molecule has 0 fully saturated rings. The monoisotopic (exact) mass is 563 g/mol. The predicted molar refractivity (Wildman–Crippen MR) is 144 cm³/mol. The van der Waals surface area contributed by atoms with E-state index in [4.69, 9.17) is 9.47 Å². The Hall–Kier alpha value is -3.53. The van der Waals surface area contributed by atoms with Crippen molar-refractivity contribution in [3.8, 4) is 16.9 Å². The van der Waals surface area contributed by atoms with Gasteiger partial charge in [-0.1, -0.05) is 37.6 Å². The standard InChI is InChI=1S/C29H32F3NO5S/c1-5-7-17-33(39(35,36)24-15-16-27(20(3)18-24)38-19-28(34)37-6-2)26-10-8-9-25(21(26)4)22-11-13-23(14-12-22)29(30,31)32/h8-16,18H,5-7,17,19H2,1-4H3. The van der Waals surface area contributed by atoms with Crippen molar-refractivity contribution in [2.75, 3.05) is 24.1 Å². The second-order valence-corrected chi connectivity index (χ2v) is 10.8. The third-order valence-corrected chi connectivity index (χ3v) is 8.01. The van der Waals surface area contributed by atoms with E-state index in [9.17, 15) is 26.4 Å². The molecule has 0 unspecified atom stereocenters. The first-order valence-electron chi connectivity index (χ1n) is 12.6. The Bertz CT molecular complexity index is 1400. The number of aryl methyl sites for hydroxylation is 1. The van der Waals surface area contributed by atoms with Crippen LogP contribution in [0.25, 0.3) is 11.1 Å². The van der Waals surface area contributed by atoms with E-state index in [0.29, 0.717) is 40.1 Å². The first-order valence-corrected chi connectivity index (χ1v) is 14.0. The maximum Gasteiger partial charge on any atom is 0.416 e. The maximum atomic E-state index is 13.9. The highest BCUT2D eigenvalue weighted by Gasteiger charge is 2.30. The molecular weight excluding hydrogens is 531 g/mol. The quantitative estimate of drug-likeness (QED) is 0.237. The van der Waals surface area contributed by atoms with Gasteiger partial charge in [-0.05, 0) is 85.8 Å². The molecule has 0 aliphatic carbocycles. The van der Waals surface area contributed by atoms with Crippen LogP contribution in [0.2, 0.25) is 0 Å². The molecule has 0 atom stereocenters. The summed E-state index contributed by atoms with van der Waals surface area (Å²) in [6, 6.07) is 14.4. The highest BCUT2D eigenvalue weighted by atomic mass is 32.2. The summed E-state index contributed by atoms with van der Waals surface area (Å²) < 4.78 is 78.6. The Morgan fingerprint density at radius 1 is 0.974 bits per heavy atom. The van der Waals surface area contributed by atoms with Crippen molar-refractivity contribution in [2.45, 2.75) is 51.6 Å². The molecule has 3 aromatic rings. The number of anilines is 1. The van der Waals surface area contributed by atoms with E-state index in [2.05, 4.69) is 0 Å². The number of ether oxygens (including phenoxy) is 2. The summed E-state index contributed by atoms with van der Waals surface area (Å²) in [5.41, 5.74) is 2.04. The molecule has 0 aliphatic rings. The first kappa shape index (κ1) is 30.0. The van der Waals surface area contributed by atoms with E-state index in [-0.39, 0.29) is 24.7 Å². The number of sulfonamides is 1. The predicted octanol–water partition coefficient (Wildman–Crippen LogP) is 6.93. The molecule has 0 heterocycles. The van der Waals surface area contributed by atoms with Gasteiger partial charge in [-0.2, -0.15) is 13.2 Å². The minimum atomic E-state index is -4.45. The SMILES string of the molecule is CCCCN(c1cccc(-c2ccc(C(F)(F)F)cc2)c1C)S(=O)(=O)c1ccc(OCC(=O)OCC)c(C)c1. The number of halogens is 3. The van der Waals surface area contributed by atoms with Crippen molar-refractivity contribution in [3.05, 3.63) is 77.4 Å². The molecule has 10 heteroatoms. The number of esters is 1. The van der Waals surface area contributed by atoms with Crippen LogP contribution in [0.5, 0.6) is 5.75 Å². The van der Waals surface area contributed by atoms with Crippen LogP contribution in [0, 0.1) is 13.8 Å². The summed E-state index contributed by atoms with van der Waals surface area (Å²) in [5, 5.41) is 0. The molecule has 39 heavy (non-hydrogen) atoms. The highest BCUT2D eigenvalue weighted by Crippen LogP contribution is 2.36. The molecule has 210 valence electrons. The summed E-state index contributed by atoms with van der Waals surface area (Å²) >= 11 is 0. The van der Waals surface area contributed by atoms with Gasteiger partial charge in [0.05, 0.1) is 22.8 Å².